The Hall–Kier alpha value is -2.10. The van der Waals surface area contributed by atoms with Gasteiger partial charge in [-0.25, -0.2) is 0 Å². The van der Waals surface area contributed by atoms with Crippen molar-refractivity contribution in [2.75, 3.05) is 26.6 Å². The molecule has 20 heavy (non-hydrogen) atoms. The third-order valence-corrected chi connectivity index (χ3v) is 3.28. The number of ether oxygens (including phenoxy) is 4. The van der Waals surface area contributed by atoms with Crippen LogP contribution in [0.25, 0.3) is 0 Å². The fourth-order valence-electron chi connectivity index (χ4n) is 2.23. The van der Waals surface area contributed by atoms with E-state index in [-0.39, 0.29) is 19.2 Å². The maximum absolute atomic E-state index is 12.3. The Balaban J connectivity index is 1.82. The highest BCUT2D eigenvalue weighted by atomic mass is 16.7. The Labute approximate surface area is 115 Å². The van der Waals surface area contributed by atoms with Crippen molar-refractivity contribution in [3.05, 3.63) is 23.8 Å². The summed E-state index contributed by atoms with van der Waals surface area (Å²) in [5.74, 6) is -0.00577. The molecule has 0 bridgehead atoms. The van der Waals surface area contributed by atoms with Crippen LogP contribution < -0.4 is 9.47 Å². The predicted molar refractivity (Wildman–Crippen MR) is 66.5 cm³/mol. The summed E-state index contributed by atoms with van der Waals surface area (Å²) < 4.78 is 21.0. The van der Waals surface area contributed by atoms with E-state index in [1.165, 1.54) is 0 Å². The van der Waals surface area contributed by atoms with Gasteiger partial charge in [0.1, 0.15) is 12.0 Å². The molecule has 0 N–H and O–H groups in total. The molecule has 0 saturated carbocycles. The standard InChI is InChI=1S/C14H13NO5/c15-6-10(14(16)13-7-17-3-4-18-13)9-1-2-11-12(5-9)20-8-19-11/h1-2,5,10,13H,3-4,7-8H2. The number of ketones is 1. The summed E-state index contributed by atoms with van der Waals surface area (Å²) in [5, 5.41) is 9.29. The second kappa shape index (κ2) is 5.49. The lowest BCUT2D eigenvalue weighted by atomic mass is 9.92. The molecule has 6 heteroatoms. The number of carbonyl (C=O) groups excluding carboxylic acids is 1. The van der Waals surface area contributed by atoms with E-state index in [0.717, 1.165) is 0 Å². The molecule has 0 radical (unpaired) electrons. The number of nitriles is 1. The van der Waals surface area contributed by atoms with Gasteiger partial charge in [0.25, 0.3) is 0 Å². The first-order valence-electron chi connectivity index (χ1n) is 6.32. The Bertz CT molecular complexity index is 559. The van der Waals surface area contributed by atoms with E-state index >= 15 is 0 Å². The third-order valence-electron chi connectivity index (χ3n) is 3.28. The number of nitrogens with zero attached hydrogens (tertiary/aromatic N) is 1. The molecule has 1 fully saturated rings. The van der Waals surface area contributed by atoms with Crippen LogP contribution in [0.2, 0.25) is 0 Å². The van der Waals surface area contributed by atoms with Crippen LogP contribution in [0.15, 0.2) is 18.2 Å². The van der Waals surface area contributed by atoms with E-state index in [9.17, 15) is 10.1 Å². The number of carbonyl (C=O) groups is 1. The average Bonchev–Trinajstić information content (AvgIpc) is 2.96. The number of Topliss-reactive ketones (excluding diaryl/α,β-unsaturated/α-hetero) is 1. The van der Waals surface area contributed by atoms with Gasteiger partial charge in [-0.2, -0.15) is 5.26 Å². The van der Waals surface area contributed by atoms with Crippen LogP contribution in [0, 0.1) is 11.3 Å². The first-order valence-corrected chi connectivity index (χ1v) is 6.32. The molecule has 1 saturated heterocycles. The minimum Gasteiger partial charge on any atom is -0.454 e. The van der Waals surface area contributed by atoms with Gasteiger partial charge in [0, 0.05) is 0 Å². The van der Waals surface area contributed by atoms with E-state index in [1.807, 2.05) is 6.07 Å². The van der Waals surface area contributed by atoms with E-state index in [0.29, 0.717) is 30.3 Å². The van der Waals surface area contributed by atoms with Gasteiger partial charge in [-0.3, -0.25) is 4.79 Å². The summed E-state index contributed by atoms with van der Waals surface area (Å²) >= 11 is 0. The lowest BCUT2D eigenvalue weighted by Crippen LogP contribution is -2.38. The second-order valence-electron chi connectivity index (χ2n) is 4.51. The van der Waals surface area contributed by atoms with E-state index < -0.39 is 12.0 Å². The summed E-state index contributed by atoms with van der Waals surface area (Å²) in [6.07, 6.45) is -0.682. The number of hydrogen-bond acceptors (Lipinski definition) is 6. The van der Waals surface area contributed by atoms with Crippen molar-refractivity contribution < 1.29 is 23.7 Å². The topological polar surface area (TPSA) is 77.8 Å². The number of rotatable bonds is 3. The van der Waals surface area contributed by atoms with Gasteiger partial charge in [-0.1, -0.05) is 6.07 Å². The first kappa shape index (κ1) is 12.9. The van der Waals surface area contributed by atoms with E-state index in [2.05, 4.69) is 0 Å². The Morgan fingerprint density at radius 2 is 2.15 bits per heavy atom. The lowest BCUT2D eigenvalue weighted by Gasteiger charge is -2.23. The van der Waals surface area contributed by atoms with Gasteiger partial charge < -0.3 is 18.9 Å². The minimum atomic E-state index is -0.892. The van der Waals surface area contributed by atoms with Gasteiger partial charge in [0.2, 0.25) is 6.79 Å². The monoisotopic (exact) mass is 275 g/mol. The number of fused-ring (bicyclic) bond motifs is 1. The highest BCUT2D eigenvalue weighted by Gasteiger charge is 2.31. The van der Waals surface area contributed by atoms with Crippen LogP contribution in [0.3, 0.4) is 0 Å². The molecular weight excluding hydrogens is 262 g/mol. The molecular formula is C14H13NO5. The van der Waals surface area contributed by atoms with Crippen LogP contribution in [0.1, 0.15) is 11.5 Å². The van der Waals surface area contributed by atoms with Gasteiger partial charge in [0.15, 0.2) is 17.3 Å². The third kappa shape index (κ3) is 2.33. The van der Waals surface area contributed by atoms with Gasteiger partial charge in [0.05, 0.1) is 25.9 Å². The minimum absolute atomic E-state index is 0.156. The molecule has 0 aromatic heterocycles. The van der Waals surface area contributed by atoms with E-state index in [1.54, 1.807) is 18.2 Å². The highest BCUT2D eigenvalue weighted by Crippen LogP contribution is 2.35. The second-order valence-corrected chi connectivity index (χ2v) is 4.51. The SMILES string of the molecule is N#CC(C(=O)C1COCCO1)c1ccc2c(c1)OCO2. The van der Waals surface area contributed by atoms with Crippen molar-refractivity contribution in [1.29, 1.82) is 5.26 Å². The van der Waals surface area contributed by atoms with Crippen LogP contribution >= 0.6 is 0 Å². The van der Waals surface area contributed by atoms with Crippen molar-refractivity contribution in [2.45, 2.75) is 12.0 Å². The quantitative estimate of drug-likeness (QED) is 0.819. The van der Waals surface area contributed by atoms with Crippen molar-refractivity contribution in [1.82, 2.24) is 0 Å². The molecule has 2 aliphatic rings. The van der Waals surface area contributed by atoms with E-state index in [4.69, 9.17) is 18.9 Å². The van der Waals surface area contributed by atoms with Crippen molar-refractivity contribution in [3.8, 4) is 17.6 Å². The molecule has 104 valence electrons. The zero-order valence-electron chi connectivity index (χ0n) is 10.7. The largest absolute Gasteiger partial charge is 0.454 e. The maximum atomic E-state index is 12.3. The van der Waals surface area contributed by atoms with Gasteiger partial charge >= 0.3 is 0 Å². The Morgan fingerprint density at radius 3 is 2.90 bits per heavy atom. The summed E-state index contributed by atoms with van der Waals surface area (Å²) in [6.45, 7) is 1.20. The Kier molecular flexibility index (Phi) is 3.54. The molecule has 2 atom stereocenters. The van der Waals surface area contributed by atoms with Crippen LogP contribution in [0.5, 0.6) is 11.5 Å². The van der Waals surface area contributed by atoms with Crippen molar-refractivity contribution >= 4 is 5.78 Å². The summed E-state index contributed by atoms with van der Waals surface area (Å²) in [4.78, 5) is 12.3. The fourth-order valence-corrected chi connectivity index (χ4v) is 2.23. The van der Waals surface area contributed by atoms with Crippen LogP contribution in [-0.4, -0.2) is 38.5 Å². The number of hydrogen-bond donors (Lipinski definition) is 0. The molecule has 6 nitrogen and oxygen atoms in total. The fraction of sp³-hybridized carbons (Fsp3) is 0.429. The van der Waals surface area contributed by atoms with Gasteiger partial charge in [-0.05, 0) is 17.7 Å². The van der Waals surface area contributed by atoms with Gasteiger partial charge in [-0.15, -0.1) is 0 Å². The van der Waals surface area contributed by atoms with Crippen molar-refractivity contribution in [2.24, 2.45) is 0 Å². The number of benzene rings is 1. The first-order chi connectivity index (χ1) is 9.79. The highest BCUT2D eigenvalue weighted by molar-refractivity contribution is 5.92. The zero-order chi connectivity index (χ0) is 13.9. The molecule has 0 aliphatic carbocycles. The molecule has 2 unspecified atom stereocenters. The summed E-state index contributed by atoms with van der Waals surface area (Å²) in [7, 11) is 0. The van der Waals surface area contributed by atoms with Crippen LogP contribution in [0.4, 0.5) is 0 Å². The molecule has 1 aromatic rings. The summed E-state index contributed by atoms with van der Waals surface area (Å²) in [5.41, 5.74) is 0.580. The lowest BCUT2D eigenvalue weighted by molar-refractivity contribution is -0.145. The molecule has 3 rings (SSSR count). The van der Waals surface area contributed by atoms with Crippen molar-refractivity contribution in [3.63, 3.8) is 0 Å². The Morgan fingerprint density at radius 1 is 1.30 bits per heavy atom. The molecule has 2 aliphatic heterocycles. The smallest absolute Gasteiger partial charge is 0.231 e. The zero-order valence-corrected chi connectivity index (χ0v) is 10.7. The predicted octanol–water partition coefficient (Wildman–Crippen LogP) is 1.01. The summed E-state index contributed by atoms with van der Waals surface area (Å²) in [6, 6.07) is 7.09. The molecule has 0 amide bonds. The van der Waals surface area contributed by atoms with Crippen LogP contribution in [-0.2, 0) is 14.3 Å². The molecule has 0 spiro atoms. The molecule has 1 aromatic carbocycles. The normalized spacial score (nSPS) is 22.1. The molecule has 2 heterocycles. The maximum Gasteiger partial charge on any atom is 0.231 e. The average molecular weight is 275 g/mol.